The fourth-order valence-corrected chi connectivity index (χ4v) is 4.65. The van der Waals surface area contributed by atoms with Crippen molar-refractivity contribution in [1.82, 2.24) is 19.6 Å². The molecule has 0 aliphatic heterocycles. The Balaban J connectivity index is 0.00000117. The second-order valence-corrected chi connectivity index (χ2v) is 8.14. The molecule has 3 aromatic heterocycles. The second-order valence-electron chi connectivity index (χ2n) is 7.25. The van der Waals surface area contributed by atoms with Crippen LogP contribution in [0.3, 0.4) is 0 Å². The zero-order valence-corrected chi connectivity index (χ0v) is 18.6. The van der Waals surface area contributed by atoms with E-state index >= 15 is 0 Å². The third-order valence-corrected chi connectivity index (χ3v) is 6.22. The average molecular weight is 411 g/mol. The molecule has 0 bridgehead atoms. The number of thiazole rings is 1. The van der Waals surface area contributed by atoms with Crippen molar-refractivity contribution in [3.63, 3.8) is 0 Å². The van der Waals surface area contributed by atoms with Crippen LogP contribution in [-0.2, 0) is 0 Å². The predicted molar refractivity (Wildman–Crippen MR) is 119 cm³/mol. The molecule has 3 heterocycles. The van der Waals surface area contributed by atoms with Crippen LogP contribution in [0, 0.1) is 18.8 Å². The van der Waals surface area contributed by atoms with Crippen molar-refractivity contribution < 1.29 is 4.79 Å². The van der Waals surface area contributed by atoms with E-state index in [1.807, 2.05) is 51.3 Å². The number of rotatable bonds is 6. The monoisotopic (exact) mass is 410 g/mol. The van der Waals surface area contributed by atoms with E-state index in [9.17, 15) is 4.79 Å². The van der Waals surface area contributed by atoms with E-state index in [-0.39, 0.29) is 11.7 Å². The lowest BCUT2D eigenvalue weighted by atomic mass is 9.82. The van der Waals surface area contributed by atoms with Gasteiger partial charge in [-0.3, -0.25) is 4.79 Å². The summed E-state index contributed by atoms with van der Waals surface area (Å²) >= 11 is 1.51. The molecule has 3 aromatic rings. The van der Waals surface area contributed by atoms with E-state index in [1.165, 1.54) is 24.2 Å². The average Bonchev–Trinajstić information content (AvgIpc) is 3.50. The number of hydrogen-bond acceptors (Lipinski definition) is 5. The van der Waals surface area contributed by atoms with Gasteiger partial charge in [0.25, 0.3) is 0 Å². The fraction of sp³-hybridized carbons (Fsp3) is 0.478. The highest BCUT2D eigenvalue weighted by molar-refractivity contribution is 7.13. The number of nitrogens with zero attached hydrogens (tertiary/aromatic N) is 4. The SMILES string of the molecule is C/C=C\CC(C(=O)c1cc(C)n2nc(-c3nccs3)nc2c1)C1CCCC1.CC. The highest BCUT2D eigenvalue weighted by Gasteiger charge is 2.30. The van der Waals surface area contributed by atoms with Gasteiger partial charge in [0.05, 0.1) is 0 Å². The van der Waals surface area contributed by atoms with Crippen molar-refractivity contribution in [3.05, 3.63) is 47.1 Å². The van der Waals surface area contributed by atoms with Gasteiger partial charge in [0, 0.05) is 28.8 Å². The minimum absolute atomic E-state index is 0.0619. The summed E-state index contributed by atoms with van der Waals surface area (Å²) < 4.78 is 1.80. The maximum absolute atomic E-state index is 13.4. The topological polar surface area (TPSA) is 60.2 Å². The molecular weight excluding hydrogens is 380 g/mol. The largest absolute Gasteiger partial charge is 0.294 e. The molecule has 4 rings (SSSR count). The molecule has 1 saturated carbocycles. The maximum atomic E-state index is 13.4. The number of Topliss-reactive ketones (excluding diaryl/α,β-unsaturated/α-hetero) is 1. The number of pyridine rings is 1. The van der Waals surface area contributed by atoms with E-state index in [4.69, 9.17) is 0 Å². The Hall–Kier alpha value is -2.34. The molecule has 6 heteroatoms. The van der Waals surface area contributed by atoms with Gasteiger partial charge < -0.3 is 0 Å². The smallest absolute Gasteiger partial charge is 0.211 e. The molecule has 0 saturated heterocycles. The highest BCUT2D eigenvalue weighted by atomic mass is 32.1. The Kier molecular flexibility index (Phi) is 7.31. The lowest BCUT2D eigenvalue weighted by molar-refractivity contribution is 0.0874. The number of ketones is 1. The van der Waals surface area contributed by atoms with Crippen molar-refractivity contribution in [3.8, 4) is 10.8 Å². The summed E-state index contributed by atoms with van der Waals surface area (Å²) in [5.41, 5.74) is 2.38. The van der Waals surface area contributed by atoms with E-state index in [0.717, 1.165) is 35.5 Å². The quantitative estimate of drug-likeness (QED) is 0.361. The fourth-order valence-electron chi connectivity index (χ4n) is 4.08. The molecule has 0 aromatic carbocycles. The first-order valence-electron chi connectivity index (χ1n) is 10.6. The van der Waals surface area contributed by atoms with Gasteiger partial charge in [-0.25, -0.2) is 14.5 Å². The molecule has 154 valence electrons. The molecule has 1 fully saturated rings. The Morgan fingerprint density at radius 2 is 2.07 bits per heavy atom. The van der Waals surface area contributed by atoms with Gasteiger partial charge in [0.2, 0.25) is 5.82 Å². The number of carbonyl (C=O) groups excluding carboxylic acids is 1. The second kappa shape index (κ2) is 9.92. The van der Waals surface area contributed by atoms with Crippen molar-refractivity contribution in [1.29, 1.82) is 0 Å². The predicted octanol–water partition coefficient (Wildman–Crippen LogP) is 6.14. The third-order valence-electron chi connectivity index (χ3n) is 5.45. The van der Waals surface area contributed by atoms with Crippen LogP contribution in [0.4, 0.5) is 0 Å². The van der Waals surface area contributed by atoms with Gasteiger partial charge in [-0.05, 0) is 51.2 Å². The Morgan fingerprint density at radius 3 is 2.72 bits per heavy atom. The summed E-state index contributed by atoms with van der Waals surface area (Å²) in [5.74, 6) is 1.41. The van der Waals surface area contributed by atoms with Crippen molar-refractivity contribution in [2.45, 2.75) is 59.8 Å². The summed E-state index contributed by atoms with van der Waals surface area (Å²) in [6, 6.07) is 3.84. The third kappa shape index (κ3) is 4.64. The molecule has 1 aliphatic carbocycles. The molecule has 1 unspecified atom stereocenters. The van der Waals surface area contributed by atoms with Crippen LogP contribution in [0.15, 0.2) is 35.9 Å². The van der Waals surface area contributed by atoms with Crippen LogP contribution in [-0.4, -0.2) is 25.4 Å². The molecule has 1 aliphatic rings. The van der Waals surface area contributed by atoms with Gasteiger partial charge in [-0.15, -0.1) is 16.4 Å². The van der Waals surface area contributed by atoms with Gasteiger partial charge in [0.1, 0.15) is 0 Å². The van der Waals surface area contributed by atoms with Crippen LogP contribution in [0.5, 0.6) is 0 Å². The molecule has 0 amide bonds. The molecule has 0 spiro atoms. The molecule has 0 N–H and O–H groups in total. The number of aryl methyl sites for hydroxylation is 1. The van der Waals surface area contributed by atoms with E-state index in [2.05, 4.69) is 21.1 Å². The van der Waals surface area contributed by atoms with Crippen LogP contribution in [0.2, 0.25) is 0 Å². The minimum atomic E-state index is 0.0619. The van der Waals surface area contributed by atoms with Gasteiger partial charge in [0.15, 0.2) is 16.4 Å². The van der Waals surface area contributed by atoms with Crippen LogP contribution >= 0.6 is 11.3 Å². The van der Waals surface area contributed by atoms with Crippen molar-refractivity contribution >= 4 is 22.8 Å². The highest BCUT2D eigenvalue weighted by Crippen LogP contribution is 2.35. The first-order chi connectivity index (χ1) is 14.2. The van der Waals surface area contributed by atoms with Crippen LogP contribution in [0.1, 0.15) is 68.9 Å². The van der Waals surface area contributed by atoms with Gasteiger partial charge in [-0.2, -0.15) is 0 Å². The standard InChI is InChI=1S/C21H24N4OS.C2H6/c1-3-4-9-17(15-7-5-6-8-15)19(26)16-12-14(2)25-18(13-16)23-20(24-25)21-22-10-11-27-21;1-2/h3-4,10-13,15,17H,5-9H2,1-2H3;1-2H3/b4-3-;. The summed E-state index contributed by atoms with van der Waals surface area (Å²) in [6.45, 7) is 7.99. The zero-order valence-electron chi connectivity index (χ0n) is 17.8. The number of fused-ring (bicyclic) bond motifs is 1. The van der Waals surface area contributed by atoms with Gasteiger partial charge in [-0.1, -0.05) is 38.8 Å². The summed E-state index contributed by atoms with van der Waals surface area (Å²) in [4.78, 5) is 22.3. The summed E-state index contributed by atoms with van der Waals surface area (Å²) in [6.07, 6.45) is 11.5. The Morgan fingerprint density at radius 1 is 1.31 bits per heavy atom. The van der Waals surface area contributed by atoms with Crippen LogP contribution < -0.4 is 0 Å². The zero-order chi connectivity index (χ0) is 20.8. The van der Waals surface area contributed by atoms with Crippen LogP contribution in [0.25, 0.3) is 16.5 Å². The molecule has 29 heavy (non-hydrogen) atoms. The van der Waals surface area contributed by atoms with E-state index in [1.54, 1.807) is 10.7 Å². The van der Waals surface area contributed by atoms with E-state index < -0.39 is 0 Å². The number of aromatic nitrogens is 4. The lowest BCUT2D eigenvalue weighted by Gasteiger charge is -2.21. The number of hydrogen-bond donors (Lipinski definition) is 0. The number of carbonyl (C=O) groups is 1. The molecular formula is C23H30N4OS. The molecule has 1 atom stereocenters. The van der Waals surface area contributed by atoms with Crippen molar-refractivity contribution in [2.24, 2.45) is 11.8 Å². The maximum Gasteiger partial charge on any atom is 0.211 e. The van der Waals surface area contributed by atoms with E-state index in [0.29, 0.717) is 17.4 Å². The Bertz CT molecular complexity index is 968. The minimum Gasteiger partial charge on any atom is -0.294 e. The van der Waals surface area contributed by atoms with Crippen molar-refractivity contribution in [2.75, 3.05) is 0 Å². The first-order valence-corrected chi connectivity index (χ1v) is 11.5. The first kappa shape index (κ1) is 21.4. The lowest BCUT2D eigenvalue weighted by Crippen LogP contribution is -2.22. The molecule has 5 nitrogen and oxygen atoms in total. The number of allylic oxidation sites excluding steroid dienone is 2. The summed E-state index contributed by atoms with van der Waals surface area (Å²) in [5, 5.41) is 7.27. The Labute approximate surface area is 176 Å². The molecule has 0 radical (unpaired) electrons. The van der Waals surface area contributed by atoms with Gasteiger partial charge >= 0.3 is 0 Å². The summed E-state index contributed by atoms with van der Waals surface area (Å²) in [7, 11) is 0. The normalized spacial score (nSPS) is 15.6.